The zero-order valence-electron chi connectivity index (χ0n) is 11.5. The molecule has 2 aromatic rings. The maximum atomic E-state index is 13.3. The highest BCUT2D eigenvalue weighted by molar-refractivity contribution is 7.92. The monoisotopic (exact) mass is 309 g/mol. The first kappa shape index (κ1) is 15.3. The first-order valence-electron chi connectivity index (χ1n) is 6.34. The number of nitrogen functional groups attached to an aromatic ring is 1. The maximum Gasteiger partial charge on any atom is 0.264 e. The van der Waals surface area contributed by atoms with Gasteiger partial charge >= 0.3 is 0 Å². The zero-order chi connectivity index (χ0) is 15.5. The van der Waals surface area contributed by atoms with Gasteiger partial charge in [0, 0.05) is 12.2 Å². The van der Waals surface area contributed by atoms with Gasteiger partial charge in [-0.25, -0.2) is 12.8 Å². The van der Waals surface area contributed by atoms with Gasteiger partial charge in [0.15, 0.2) is 0 Å². The summed E-state index contributed by atoms with van der Waals surface area (Å²) in [6.45, 7) is 1.89. The fraction of sp³-hybridized carbons (Fsp3) is 0.143. The fourth-order valence-electron chi connectivity index (χ4n) is 1.97. The molecule has 2 aromatic carbocycles. The quantitative estimate of drug-likeness (QED) is 0.656. The molecule has 0 aliphatic carbocycles. The van der Waals surface area contributed by atoms with Crippen LogP contribution in [0.4, 0.5) is 15.8 Å². The Hall–Kier alpha value is -2.12. The van der Waals surface area contributed by atoms with Gasteiger partial charge in [-0.15, -0.1) is 0 Å². The number of nitrogens with one attached hydrogen (secondary N) is 1. The highest BCUT2D eigenvalue weighted by Gasteiger charge is 2.23. The topological polar surface area (TPSA) is 75.4 Å². The first-order valence-corrected chi connectivity index (χ1v) is 7.78. The summed E-state index contributed by atoms with van der Waals surface area (Å²) < 4.78 is 39.7. The summed E-state index contributed by atoms with van der Waals surface area (Å²) in [6.07, 6.45) is 0. The molecule has 0 amide bonds. The van der Waals surface area contributed by atoms with E-state index in [0.717, 1.165) is 4.31 Å². The lowest BCUT2D eigenvalue weighted by Crippen LogP contribution is -2.30. The predicted molar refractivity (Wildman–Crippen MR) is 80.9 cm³/mol. The van der Waals surface area contributed by atoms with Crippen LogP contribution in [0.1, 0.15) is 6.92 Å². The largest absolute Gasteiger partial charge is 0.324 e. The van der Waals surface area contributed by atoms with Gasteiger partial charge in [0.1, 0.15) is 5.82 Å². The predicted octanol–water partition coefficient (Wildman–Crippen LogP) is 2.33. The van der Waals surface area contributed by atoms with E-state index in [1.165, 1.54) is 30.3 Å². The minimum atomic E-state index is -3.75. The molecule has 3 N–H and O–H groups in total. The van der Waals surface area contributed by atoms with Gasteiger partial charge in [-0.05, 0) is 49.4 Å². The summed E-state index contributed by atoms with van der Waals surface area (Å²) in [5.74, 6) is 4.77. The van der Waals surface area contributed by atoms with Crippen molar-refractivity contribution in [3.8, 4) is 0 Å². The highest BCUT2D eigenvalue weighted by atomic mass is 32.2. The summed E-state index contributed by atoms with van der Waals surface area (Å²) in [5, 5.41) is 0. The third-order valence-corrected chi connectivity index (χ3v) is 4.91. The fourth-order valence-corrected chi connectivity index (χ4v) is 3.44. The number of halogens is 1. The molecule has 0 aliphatic heterocycles. The number of nitrogens with zero attached hydrogens (tertiary/aromatic N) is 1. The second-order valence-electron chi connectivity index (χ2n) is 4.32. The molecule has 0 bridgehead atoms. The third kappa shape index (κ3) is 3.14. The van der Waals surface area contributed by atoms with Gasteiger partial charge in [0.05, 0.1) is 10.6 Å². The van der Waals surface area contributed by atoms with Crippen LogP contribution in [0.5, 0.6) is 0 Å². The number of hydrogen-bond donors (Lipinski definition) is 2. The summed E-state index contributed by atoms with van der Waals surface area (Å²) >= 11 is 0. The van der Waals surface area contributed by atoms with E-state index in [9.17, 15) is 12.8 Å². The number of hydrogen-bond acceptors (Lipinski definition) is 4. The standard InChI is InChI=1S/C14H16FN3O2S/c1-2-18(13-5-3-4-11(15)10-13)21(19,20)14-8-6-12(17-16)7-9-14/h3-10,17H,2,16H2,1H3. The number of benzene rings is 2. The second-order valence-corrected chi connectivity index (χ2v) is 6.18. The lowest BCUT2D eigenvalue weighted by Gasteiger charge is -2.23. The number of rotatable bonds is 5. The molecule has 0 saturated heterocycles. The van der Waals surface area contributed by atoms with E-state index >= 15 is 0 Å². The van der Waals surface area contributed by atoms with Crippen LogP contribution in [0.25, 0.3) is 0 Å². The van der Waals surface area contributed by atoms with Crippen molar-refractivity contribution in [3.05, 3.63) is 54.3 Å². The van der Waals surface area contributed by atoms with E-state index in [1.807, 2.05) is 0 Å². The maximum absolute atomic E-state index is 13.3. The van der Waals surface area contributed by atoms with Crippen molar-refractivity contribution in [3.63, 3.8) is 0 Å². The highest BCUT2D eigenvalue weighted by Crippen LogP contribution is 2.24. The van der Waals surface area contributed by atoms with Crippen molar-refractivity contribution in [2.75, 3.05) is 16.3 Å². The Labute approximate surface area is 123 Å². The lowest BCUT2D eigenvalue weighted by atomic mass is 10.3. The van der Waals surface area contributed by atoms with Crippen LogP contribution in [-0.2, 0) is 10.0 Å². The number of hydrazine groups is 1. The van der Waals surface area contributed by atoms with Crippen LogP contribution < -0.4 is 15.6 Å². The van der Waals surface area contributed by atoms with Crippen molar-refractivity contribution < 1.29 is 12.8 Å². The molecule has 5 nitrogen and oxygen atoms in total. The molecule has 0 aliphatic rings. The van der Waals surface area contributed by atoms with Crippen molar-refractivity contribution >= 4 is 21.4 Å². The second kappa shape index (κ2) is 6.11. The van der Waals surface area contributed by atoms with E-state index < -0.39 is 15.8 Å². The Kier molecular flexibility index (Phi) is 4.44. The average Bonchev–Trinajstić information content (AvgIpc) is 2.48. The van der Waals surface area contributed by atoms with Crippen LogP contribution in [0.2, 0.25) is 0 Å². The summed E-state index contributed by atoms with van der Waals surface area (Å²) in [7, 11) is -3.75. The van der Waals surface area contributed by atoms with E-state index in [4.69, 9.17) is 5.84 Å². The normalized spacial score (nSPS) is 11.2. The average molecular weight is 309 g/mol. The van der Waals surface area contributed by atoms with Crippen molar-refractivity contribution in [1.29, 1.82) is 0 Å². The van der Waals surface area contributed by atoms with Crippen LogP contribution in [0, 0.1) is 5.82 Å². The SMILES string of the molecule is CCN(c1cccc(F)c1)S(=O)(=O)c1ccc(NN)cc1. The van der Waals surface area contributed by atoms with Gasteiger partial charge in [-0.3, -0.25) is 10.1 Å². The summed E-state index contributed by atoms with van der Waals surface area (Å²) in [4.78, 5) is 0.118. The molecule has 112 valence electrons. The lowest BCUT2D eigenvalue weighted by molar-refractivity contribution is 0.591. The van der Waals surface area contributed by atoms with Crippen molar-refractivity contribution in [1.82, 2.24) is 0 Å². The molecular formula is C14H16FN3O2S. The van der Waals surface area contributed by atoms with E-state index in [0.29, 0.717) is 11.4 Å². The molecule has 2 rings (SSSR count). The summed E-state index contributed by atoms with van der Waals surface area (Å²) in [6, 6.07) is 11.5. The van der Waals surface area contributed by atoms with Gasteiger partial charge in [0.25, 0.3) is 10.0 Å². The molecular weight excluding hydrogens is 293 g/mol. The Balaban J connectivity index is 2.44. The Morgan fingerprint density at radius 3 is 2.38 bits per heavy atom. The first-order chi connectivity index (χ1) is 9.98. The third-order valence-electron chi connectivity index (χ3n) is 2.99. The van der Waals surface area contributed by atoms with Crippen molar-refractivity contribution in [2.24, 2.45) is 5.84 Å². The van der Waals surface area contributed by atoms with Gasteiger partial charge in [-0.2, -0.15) is 0 Å². The van der Waals surface area contributed by atoms with Gasteiger partial charge < -0.3 is 5.43 Å². The van der Waals surface area contributed by atoms with Gasteiger partial charge in [0.2, 0.25) is 0 Å². The van der Waals surface area contributed by atoms with Crippen LogP contribution in [0.3, 0.4) is 0 Å². The van der Waals surface area contributed by atoms with E-state index in [-0.39, 0.29) is 11.4 Å². The molecule has 0 fully saturated rings. The van der Waals surface area contributed by atoms with Crippen molar-refractivity contribution in [2.45, 2.75) is 11.8 Å². The van der Waals surface area contributed by atoms with Gasteiger partial charge in [-0.1, -0.05) is 6.07 Å². The molecule has 0 unspecified atom stereocenters. The molecule has 0 spiro atoms. The zero-order valence-corrected chi connectivity index (χ0v) is 12.3. The van der Waals surface area contributed by atoms with Crippen LogP contribution in [0.15, 0.2) is 53.4 Å². The van der Waals surface area contributed by atoms with E-state index in [2.05, 4.69) is 5.43 Å². The number of anilines is 2. The molecule has 21 heavy (non-hydrogen) atoms. The Morgan fingerprint density at radius 2 is 1.86 bits per heavy atom. The van der Waals surface area contributed by atoms with E-state index in [1.54, 1.807) is 25.1 Å². The molecule has 0 atom stereocenters. The molecule has 0 heterocycles. The minimum absolute atomic E-state index is 0.118. The molecule has 0 saturated carbocycles. The minimum Gasteiger partial charge on any atom is -0.324 e. The summed E-state index contributed by atoms with van der Waals surface area (Å²) in [5.41, 5.74) is 3.32. The van der Waals surface area contributed by atoms with Crippen LogP contribution in [-0.4, -0.2) is 15.0 Å². The van der Waals surface area contributed by atoms with Crippen LogP contribution >= 0.6 is 0 Å². The number of sulfonamides is 1. The smallest absolute Gasteiger partial charge is 0.264 e. The molecule has 0 aromatic heterocycles. The number of nitrogens with two attached hydrogens (primary N) is 1. The molecule has 7 heteroatoms. The Bertz CT molecular complexity index is 717. The molecule has 0 radical (unpaired) electrons. The Morgan fingerprint density at radius 1 is 1.19 bits per heavy atom.